The second-order valence-electron chi connectivity index (χ2n) is 9.20. The van der Waals surface area contributed by atoms with Crippen molar-refractivity contribution in [1.82, 2.24) is 10.6 Å². The number of hydrogen-bond donors (Lipinski definition) is 2. The van der Waals surface area contributed by atoms with E-state index in [0.29, 0.717) is 18.6 Å². The fourth-order valence-electron chi connectivity index (χ4n) is 4.21. The van der Waals surface area contributed by atoms with Gasteiger partial charge in [-0.1, -0.05) is 50.6 Å². The van der Waals surface area contributed by atoms with Crippen LogP contribution in [-0.4, -0.2) is 67.2 Å². The van der Waals surface area contributed by atoms with E-state index in [1.165, 1.54) is 7.11 Å². The molecule has 36 heavy (non-hydrogen) atoms. The highest BCUT2D eigenvalue weighted by Gasteiger charge is 2.45. The minimum absolute atomic E-state index is 0.0978. The van der Waals surface area contributed by atoms with Crippen LogP contribution in [0.25, 0.3) is 0 Å². The van der Waals surface area contributed by atoms with Crippen LogP contribution in [-0.2, 0) is 35.1 Å². The smallest absolute Gasteiger partial charge is 0.328 e. The monoisotopic (exact) mass is 522 g/mol. The molecule has 1 fully saturated rings. The Morgan fingerprint density at radius 3 is 2.22 bits per heavy atom. The minimum atomic E-state index is -1.15. The lowest BCUT2D eigenvalue weighted by Gasteiger charge is -2.33. The number of carbonyl (C=O) groups excluding carboxylic acids is 4. The van der Waals surface area contributed by atoms with Crippen LogP contribution in [0.1, 0.15) is 52.0 Å². The van der Waals surface area contributed by atoms with Gasteiger partial charge in [-0.05, 0) is 43.4 Å². The molecule has 0 unspecified atom stereocenters. The molecule has 200 valence electrons. The van der Waals surface area contributed by atoms with Gasteiger partial charge in [0.2, 0.25) is 16.9 Å². The number of rotatable bonds is 13. The van der Waals surface area contributed by atoms with E-state index in [-0.39, 0.29) is 36.6 Å². The van der Waals surface area contributed by atoms with Crippen LogP contribution in [0.5, 0.6) is 5.75 Å². The van der Waals surface area contributed by atoms with Crippen molar-refractivity contribution >= 4 is 34.7 Å². The Morgan fingerprint density at radius 1 is 1.06 bits per heavy atom. The molecule has 0 aromatic heterocycles. The van der Waals surface area contributed by atoms with E-state index in [1.54, 1.807) is 26.2 Å². The standard InChI is InChI=1S/C26H38N2O7S/c1-6-35-24(31)20(15-18-9-11-19(34-5)12-10-18)27-25(32)26(13-7-8-14-26)28-23(30)22(17(2)3)36-21(29)16-33-4/h9-12,17,20,22H,6-8,13-16H2,1-5H3,(H,27,32)(H,28,30)/t20-,22+/m0/s1. The molecule has 0 saturated heterocycles. The first-order chi connectivity index (χ1) is 17.2. The average Bonchev–Trinajstić information content (AvgIpc) is 3.32. The Morgan fingerprint density at radius 2 is 1.69 bits per heavy atom. The molecule has 1 aromatic carbocycles. The zero-order valence-corrected chi connectivity index (χ0v) is 22.6. The summed E-state index contributed by atoms with van der Waals surface area (Å²) in [5.74, 6) is -0.791. The number of thioether (sulfide) groups is 1. The number of benzene rings is 1. The van der Waals surface area contributed by atoms with Gasteiger partial charge in [0.05, 0.1) is 19.0 Å². The van der Waals surface area contributed by atoms with E-state index < -0.39 is 28.7 Å². The maximum absolute atomic E-state index is 13.6. The third-order valence-corrected chi connectivity index (χ3v) is 7.51. The molecule has 0 aliphatic heterocycles. The van der Waals surface area contributed by atoms with Crippen molar-refractivity contribution in [1.29, 1.82) is 0 Å². The molecule has 1 aliphatic carbocycles. The van der Waals surface area contributed by atoms with E-state index in [1.807, 2.05) is 26.0 Å². The van der Waals surface area contributed by atoms with Crippen LogP contribution in [0.3, 0.4) is 0 Å². The molecule has 0 radical (unpaired) electrons. The van der Waals surface area contributed by atoms with Gasteiger partial charge in [0.1, 0.15) is 23.9 Å². The van der Waals surface area contributed by atoms with Crippen LogP contribution < -0.4 is 15.4 Å². The van der Waals surface area contributed by atoms with Gasteiger partial charge >= 0.3 is 5.97 Å². The van der Waals surface area contributed by atoms with Gasteiger partial charge in [-0.15, -0.1) is 0 Å². The fraction of sp³-hybridized carbons (Fsp3) is 0.615. The van der Waals surface area contributed by atoms with Crippen LogP contribution in [0.15, 0.2) is 24.3 Å². The van der Waals surface area contributed by atoms with Crippen molar-refractivity contribution in [3.05, 3.63) is 29.8 Å². The maximum atomic E-state index is 13.6. The predicted molar refractivity (Wildman–Crippen MR) is 138 cm³/mol. The quantitative estimate of drug-likeness (QED) is 0.380. The first kappa shape index (κ1) is 29.6. The fourth-order valence-corrected chi connectivity index (χ4v) is 5.12. The zero-order chi connectivity index (χ0) is 26.7. The number of nitrogens with one attached hydrogen (secondary N) is 2. The number of hydrogen-bond acceptors (Lipinski definition) is 8. The SMILES string of the molecule is CCOC(=O)[C@H](Cc1ccc(OC)cc1)NC(=O)C1(NC(=O)[C@H](SC(=O)COC)C(C)C)CCCC1. The highest BCUT2D eigenvalue weighted by molar-refractivity contribution is 8.14. The van der Waals surface area contributed by atoms with Crippen molar-refractivity contribution in [2.45, 2.75) is 69.7 Å². The molecule has 2 N–H and O–H groups in total. The summed E-state index contributed by atoms with van der Waals surface area (Å²) in [7, 11) is 2.99. The lowest BCUT2D eigenvalue weighted by atomic mass is 9.94. The Hall–Kier alpha value is -2.59. The minimum Gasteiger partial charge on any atom is -0.497 e. The van der Waals surface area contributed by atoms with E-state index in [4.69, 9.17) is 14.2 Å². The molecular formula is C26H38N2O7S. The largest absolute Gasteiger partial charge is 0.497 e. The van der Waals surface area contributed by atoms with E-state index in [9.17, 15) is 19.2 Å². The maximum Gasteiger partial charge on any atom is 0.328 e. The van der Waals surface area contributed by atoms with Crippen LogP contribution in [0.2, 0.25) is 0 Å². The van der Waals surface area contributed by atoms with Gasteiger partial charge in [0.15, 0.2) is 0 Å². The summed E-state index contributed by atoms with van der Waals surface area (Å²) >= 11 is 0.917. The first-order valence-electron chi connectivity index (χ1n) is 12.3. The normalized spacial score (nSPS) is 16.2. The number of esters is 1. The van der Waals surface area contributed by atoms with Crippen molar-refractivity contribution in [2.75, 3.05) is 27.4 Å². The highest BCUT2D eigenvalue weighted by Crippen LogP contribution is 2.32. The molecule has 10 heteroatoms. The molecule has 0 spiro atoms. The Bertz CT molecular complexity index is 898. The van der Waals surface area contributed by atoms with Crippen molar-refractivity contribution in [3.63, 3.8) is 0 Å². The highest BCUT2D eigenvalue weighted by atomic mass is 32.2. The Balaban J connectivity index is 2.21. The molecule has 2 amide bonds. The number of carbonyl (C=O) groups is 4. The van der Waals surface area contributed by atoms with Crippen LogP contribution >= 0.6 is 11.8 Å². The molecule has 0 heterocycles. The summed E-state index contributed by atoms with van der Waals surface area (Å²) in [6.07, 6.45) is 2.65. The van der Waals surface area contributed by atoms with Crippen molar-refractivity contribution in [2.24, 2.45) is 5.92 Å². The molecule has 1 aromatic rings. The number of ether oxygens (including phenoxy) is 3. The lowest BCUT2D eigenvalue weighted by molar-refractivity contribution is -0.148. The third-order valence-electron chi connectivity index (χ3n) is 6.11. The van der Waals surface area contributed by atoms with E-state index in [2.05, 4.69) is 10.6 Å². The predicted octanol–water partition coefficient (Wildman–Crippen LogP) is 2.65. The van der Waals surface area contributed by atoms with Gasteiger partial charge < -0.3 is 24.8 Å². The molecule has 9 nitrogen and oxygen atoms in total. The molecule has 0 bridgehead atoms. The Labute approximate surface area is 217 Å². The number of methoxy groups -OCH3 is 2. The van der Waals surface area contributed by atoms with Gasteiger partial charge in [-0.2, -0.15) is 0 Å². The van der Waals surface area contributed by atoms with Crippen molar-refractivity contribution in [3.8, 4) is 5.75 Å². The summed E-state index contributed by atoms with van der Waals surface area (Å²) in [5, 5.41) is 4.87. The molecule has 1 saturated carbocycles. The topological polar surface area (TPSA) is 120 Å². The Kier molecular flexibility index (Phi) is 11.7. The second kappa shape index (κ2) is 14.2. The molecular weight excluding hydrogens is 484 g/mol. The van der Waals surface area contributed by atoms with Gasteiger partial charge in [-0.25, -0.2) is 4.79 Å². The summed E-state index contributed by atoms with van der Waals surface area (Å²) in [4.78, 5) is 51.7. The third kappa shape index (κ3) is 8.23. The van der Waals surface area contributed by atoms with E-state index in [0.717, 1.165) is 30.2 Å². The molecule has 1 aliphatic rings. The molecule has 2 rings (SSSR count). The van der Waals surface area contributed by atoms with Gasteiger partial charge in [0, 0.05) is 13.5 Å². The summed E-state index contributed by atoms with van der Waals surface area (Å²) in [5.41, 5.74) is -0.327. The van der Waals surface area contributed by atoms with E-state index >= 15 is 0 Å². The van der Waals surface area contributed by atoms with Gasteiger partial charge in [-0.3, -0.25) is 14.4 Å². The number of amides is 2. The zero-order valence-electron chi connectivity index (χ0n) is 21.8. The van der Waals surface area contributed by atoms with Crippen LogP contribution in [0, 0.1) is 5.92 Å². The average molecular weight is 523 g/mol. The summed E-state index contributed by atoms with van der Waals surface area (Å²) in [6.45, 7) is 5.49. The first-order valence-corrected chi connectivity index (χ1v) is 13.1. The van der Waals surface area contributed by atoms with Crippen molar-refractivity contribution < 1.29 is 33.4 Å². The summed E-state index contributed by atoms with van der Waals surface area (Å²) in [6, 6.07) is 6.30. The van der Waals surface area contributed by atoms with Gasteiger partial charge in [0.25, 0.3) is 0 Å². The second-order valence-corrected chi connectivity index (χ2v) is 10.4. The lowest BCUT2D eigenvalue weighted by Crippen LogP contribution is -2.61. The summed E-state index contributed by atoms with van der Waals surface area (Å²) < 4.78 is 15.3. The molecule has 2 atom stereocenters. The van der Waals surface area contributed by atoms with Crippen LogP contribution in [0.4, 0.5) is 0 Å².